The molecule has 1 heterocycles. The molecule has 1 aromatic heterocycles. The van der Waals surface area contributed by atoms with E-state index >= 15 is 0 Å². The number of nitrogens with zero attached hydrogens (tertiary/aromatic N) is 2. The van der Waals surface area contributed by atoms with Gasteiger partial charge in [0.1, 0.15) is 5.69 Å². The fourth-order valence-electron chi connectivity index (χ4n) is 1.05. The molecule has 0 radical (unpaired) electrons. The molecular formula is C10H16ClN3O. The number of alkyl halides is 1. The van der Waals surface area contributed by atoms with Gasteiger partial charge < -0.3 is 9.88 Å². The highest BCUT2D eigenvalue weighted by Gasteiger charge is 2.13. The van der Waals surface area contributed by atoms with Gasteiger partial charge in [-0.3, -0.25) is 4.79 Å². The number of amides is 1. The highest BCUT2D eigenvalue weighted by Crippen LogP contribution is 2.07. The van der Waals surface area contributed by atoms with E-state index in [1.165, 1.54) is 0 Å². The average molecular weight is 230 g/mol. The predicted molar refractivity (Wildman–Crippen MR) is 60.0 cm³/mol. The second kappa shape index (κ2) is 5.16. The molecule has 4 nitrogen and oxygen atoms in total. The quantitative estimate of drug-likeness (QED) is 0.794. The van der Waals surface area contributed by atoms with Crippen LogP contribution in [0, 0.1) is 5.92 Å². The first kappa shape index (κ1) is 12.0. The molecule has 1 unspecified atom stereocenters. The van der Waals surface area contributed by atoms with Gasteiger partial charge in [0, 0.05) is 19.8 Å². The average Bonchev–Trinajstić information content (AvgIpc) is 2.60. The van der Waals surface area contributed by atoms with Crippen LogP contribution in [0.1, 0.15) is 24.3 Å². The lowest BCUT2D eigenvalue weighted by Gasteiger charge is -2.13. The molecule has 1 N–H and O–H groups in total. The number of hydrogen-bond donors (Lipinski definition) is 1. The van der Waals surface area contributed by atoms with Gasteiger partial charge in [0.2, 0.25) is 0 Å². The minimum Gasteiger partial charge on any atom is -0.349 e. The topological polar surface area (TPSA) is 46.9 Å². The Morgan fingerprint density at radius 1 is 1.67 bits per heavy atom. The van der Waals surface area contributed by atoms with Crippen molar-refractivity contribution in [2.24, 2.45) is 13.0 Å². The van der Waals surface area contributed by atoms with E-state index in [4.69, 9.17) is 11.6 Å². The van der Waals surface area contributed by atoms with Crippen LogP contribution in [0.25, 0.3) is 0 Å². The van der Waals surface area contributed by atoms with Crippen LogP contribution < -0.4 is 5.32 Å². The summed E-state index contributed by atoms with van der Waals surface area (Å²) in [5, 5.41) is 2.70. The monoisotopic (exact) mass is 229 g/mol. The first-order valence-electron chi connectivity index (χ1n) is 4.91. The summed E-state index contributed by atoms with van der Waals surface area (Å²) in [6.45, 7) is 4.50. The third-order valence-electron chi connectivity index (χ3n) is 2.12. The zero-order valence-electron chi connectivity index (χ0n) is 9.20. The van der Waals surface area contributed by atoms with Crippen LogP contribution in [0.5, 0.6) is 0 Å². The first-order chi connectivity index (χ1) is 7.00. The summed E-state index contributed by atoms with van der Waals surface area (Å²) < 4.78 is 1.73. The third-order valence-corrected chi connectivity index (χ3v) is 2.78. The Labute approximate surface area is 94.6 Å². The molecule has 84 valence electrons. The molecular weight excluding hydrogens is 214 g/mol. The lowest BCUT2D eigenvalue weighted by Crippen LogP contribution is -2.32. The van der Waals surface area contributed by atoms with E-state index in [-0.39, 0.29) is 11.3 Å². The van der Waals surface area contributed by atoms with E-state index in [1.807, 2.05) is 20.9 Å². The maximum Gasteiger partial charge on any atom is 0.271 e. The number of imidazole rings is 1. The van der Waals surface area contributed by atoms with E-state index in [1.54, 1.807) is 17.1 Å². The highest BCUT2D eigenvalue weighted by molar-refractivity contribution is 6.21. The summed E-state index contributed by atoms with van der Waals surface area (Å²) in [6.07, 6.45) is 3.27. The van der Waals surface area contributed by atoms with Gasteiger partial charge in [-0.05, 0) is 5.92 Å². The fourth-order valence-corrected chi connectivity index (χ4v) is 1.12. The largest absolute Gasteiger partial charge is 0.349 e. The minimum atomic E-state index is -0.179. The lowest BCUT2D eigenvalue weighted by molar-refractivity contribution is 0.0948. The SMILES string of the molecule is CC(C)C(Cl)CNC(=O)c1cn(C)cn1. The standard InChI is InChI=1S/C10H16ClN3O/c1-7(2)8(11)4-12-10(15)9-5-14(3)6-13-9/h5-8H,4H2,1-3H3,(H,12,15). The second-order valence-electron chi connectivity index (χ2n) is 3.89. The Balaban J connectivity index is 2.43. The van der Waals surface area contributed by atoms with Crippen LogP contribution in [0.2, 0.25) is 0 Å². The smallest absolute Gasteiger partial charge is 0.271 e. The number of rotatable bonds is 4. The molecule has 1 atom stereocenters. The van der Waals surface area contributed by atoms with E-state index < -0.39 is 0 Å². The number of aromatic nitrogens is 2. The molecule has 1 rings (SSSR count). The number of hydrogen-bond acceptors (Lipinski definition) is 2. The summed E-state index contributed by atoms with van der Waals surface area (Å²) in [4.78, 5) is 15.5. The maximum atomic E-state index is 11.5. The molecule has 0 aliphatic rings. The normalized spacial score (nSPS) is 12.9. The Hall–Kier alpha value is -1.03. The van der Waals surface area contributed by atoms with Crippen molar-refractivity contribution < 1.29 is 4.79 Å². The van der Waals surface area contributed by atoms with Crippen molar-refractivity contribution in [1.29, 1.82) is 0 Å². The fraction of sp³-hybridized carbons (Fsp3) is 0.600. The Morgan fingerprint density at radius 2 is 2.33 bits per heavy atom. The molecule has 0 aromatic carbocycles. The first-order valence-corrected chi connectivity index (χ1v) is 5.34. The molecule has 0 bridgehead atoms. The van der Waals surface area contributed by atoms with E-state index in [0.29, 0.717) is 18.2 Å². The lowest BCUT2D eigenvalue weighted by atomic mass is 10.1. The van der Waals surface area contributed by atoms with Crippen molar-refractivity contribution >= 4 is 17.5 Å². The van der Waals surface area contributed by atoms with Gasteiger partial charge >= 0.3 is 0 Å². The molecule has 0 aliphatic carbocycles. The number of nitrogens with one attached hydrogen (secondary N) is 1. The van der Waals surface area contributed by atoms with E-state index in [2.05, 4.69) is 10.3 Å². The van der Waals surface area contributed by atoms with Gasteiger partial charge in [-0.1, -0.05) is 13.8 Å². The second-order valence-corrected chi connectivity index (χ2v) is 4.45. The van der Waals surface area contributed by atoms with Gasteiger partial charge in [0.15, 0.2) is 0 Å². The molecule has 0 spiro atoms. The maximum absolute atomic E-state index is 11.5. The third kappa shape index (κ3) is 3.55. The van der Waals surface area contributed by atoms with Gasteiger partial charge in [0.05, 0.1) is 11.7 Å². The van der Waals surface area contributed by atoms with Crippen LogP contribution in [0.3, 0.4) is 0 Å². The van der Waals surface area contributed by atoms with Crippen molar-refractivity contribution in [2.45, 2.75) is 19.2 Å². The molecule has 5 heteroatoms. The van der Waals surface area contributed by atoms with Gasteiger partial charge in [0.25, 0.3) is 5.91 Å². The van der Waals surface area contributed by atoms with Crippen molar-refractivity contribution in [2.75, 3.05) is 6.54 Å². The van der Waals surface area contributed by atoms with Crippen LogP contribution in [-0.2, 0) is 7.05 Å². The molecule has 1 aromatic rings. The Kier molecular flexibility index (Phi) is 4.15. The molecule has 15 heavy (non-hydrogen) atoms. The highest BCUT2D eigenvalue weighted by atomic mass is 35.5. The number of halogens is 1. The van der Waals surface area contributed by atoms with Gasteiger partial charge in [-0.15, -0.1) is 11.6 Å². The molecule has 1 amide bonds. The zero-order valence-corrected chi connectivity index (χ0v) is 9.95. The summed E-state index contributed by atoms with van der Waals surface area (Å²) in [6, 6.07) is 0. The van der Waals surface area contributed by atoms with Crippen LogP contribution in [0.15, 0.2) is 12.5 Å². The summed E-state index contributed by atoms with van der Waals surface area (Å²) in [5.41, 5.74) is 0.421. The predicted octanol–water partition coefficient (Wildman–Crippen LogP) is 1.41. The van der Waals surface area contributed by atoms with Crippen LogP contribution in [0.4, 0.5) is 0 Å². The number of carbonyl (C=O) groups excluding carboxylic acids is 1. The van der Waals surface area contributed by atoms with E-state index in [9.17, 15) is 4.79 Å². The summed E-state index contributed by atoms with van der Waals surface area (Å²) >= 11 is 6.01. The Bertz CT molecular complexity index is 335. The van der Waals surface area contributed by atoms with Gasteiger partial charge in [-0.25, -0.2) is 4.98 Å². The molecule has 0 saturated heterocycles. The molecule has 0 fully saturated rings. The van der Waals surface area contributed by atoms with Crippen LogP contribution >= 0.6 is 11.6 Å². The molecule has 0 aliphatic heterocycles. The Morgan fingerprint density at radius 3 is 2.80 bits per heavy atom. The van der Waals surface area contributed by atoms with Crippen molar-refractivity contribution in [3.63, 3.8) is 0 Å². The van der Waals surface area contributed by atoms with Crippen molar-refractivity contribution in [1.82, 2.24) is 14.9 Å². The summed E-state index contributed by atoms with van der Waals surface area (Å²) in [7, 11) is 1.82. The van der Waals surface area contributed by atoms with Crippen molar-refractivity contribution in [3.05, 3.63) is 18.2 Å². The zero-order chi connectivity index (χ0) is 11.4. The van der Waals surface area contributed by atoms with Crippen molar-refractivity contribution in [3.8, 4) is 0 Å². The summed E-state index contributed by atoms with van der Waals surface area (Å²) in [5.74, 6) is 0.164. The number of carbonyl (C=O) groups is 1. The van der Waals surface area contributed by atoms with Crippen LogP contribution in [-0.4, -0.2) is 27.4 Å². The number of aryl methyl sites for hydroxylation is 1. The molecule has 0 saturated carbocycles. The van der Waals surface area contributed by atoms with Gasteiger partial charge in [-0.2, -0.15) is 0 Å². The van der Waals surface area contributed by atoms with E-state index in [0.717, 1.165) is 0 Å². The minimum absolute atomic E-state index is 0.0438.